The van der Waals surface area contributed by atoms with Crippen LogP contribution in [0.25, 0.3) is 11.1 Å². The number of nitrogens with one attached hydrogen (secondary N) is 2. The second-order valence-corrected chi connectivity index (χ2v) is 4.21. The van der Waals surface area contributed by atoms with E-state index in [9.17, 15) is 4.79 Å². The van der Waals surface area contributed by atoms with Gasteiger partial charge in [-0.2, -0.15) is 0 Å². The van der Waals surface area contributed by atoms with Crippen LogP contribution in [0.2, 0.25) is 0 Å². The highest BCUT2D eigenvalue weighted by Crippen LogP contribution is 2.24. The van der Waals surface area contributed by atoms with E-state index in [1.807, 2.05) is 12.1 Å². The summed E-state index contributed by atoms with van der Waals surface area (Å²) >= 11 is 0. The maximum Gasteiger partial charge on any atom is 0.417 e. The number of nitrogens with two attached hydrogens (primary N) is 1. The van der Waals surface area contributed by atoms with Gasteiger partial charge in [-0.1, -0.05) is 6.07 Å². The molecule has 1 saturated heterocycles. The SMILES string of the molecule is NC(c1ccc2oc(=O)[nH]c2c1)C1CNC1. The van der Waals surface area contributed by atoms with Crippen molar-refractivity contribution in [3.05, 3.63) is 34.3 Å². The average molecular weight is 219 g/mol. The largest absolute Gasteiger partial charge is 0.417 e. The molecule has 84 valence electrons. The maximum absolute atomic E-state index is 11.0. The van der Waals surface area contributed by atoms with Crippen LogP contribution in [0, 0.1) is 5.92 Å². The summed E-state index contributed by atoms with van der Waals surface area (Å²) in [7, 11) is 0. The van der Waals surface area contributed by atoms with Crippen LogP contribution in [0.3, 0.4) is 0 Å². The molecule has 1 aliphatic heterocycles. The molecule has 0 radical (unpaired) electrons. The molecule has 5 heteroatoms. The molecule has 1 aliphatic rings. The standard InChI is InChI=1S/C11H13N3O2/c12-10(7-4-13-5-7)6-1-2-9-8(3-6)14-11(15)16-9/h1-3,7,10,13H,4-5,12H2,(H,14,15). The van der Waals surface area contributed by atoms with Crippen LogP contribution < -0.4 is 16.8 Å². The van der Waals surface area contributed by atoms with E-state index in [0.717, 1.165) is 18.7 Å². The second kappa shape index (κ2) is 3.47. The monoisotopic (exact) mass is 219 g/mol. The quantitative estimate of drug-likeness (QED) is 0.680. The number of hydrogen-bond acceptors (Lipinski definition) is 4. The molecule has 0 aliphatic carbocycles. The fraction of sp³-hybridized carbons (Fsp3) is 0.364. The van der Waals surface area contributed by atoms with E-state index in [1.165, 1.54) is 0 Å². The Balaban J connectivity index is 2.00. The van der Waals surface area contributed by atoms with Crippen molar-refractivity contribution in [1.29, 1.82) is 0 Å². The van der Waals surface area contributed by atoms with Crippen LogP contribution >= 0.6 is 0 Å². The molecule has 1 aromatic carbocycles. The maximum atomic E-state index is 11.0. The van der Waals surface area contributed by atoms with Gasteiger partial charge in [-0.05, 0) is 17.7 Å². The van der Waals surface area contributed by atoms with Crippen molar-refractivity contribution in [2.45, 2.75) is 6.04 Å². The Morgan fingerprint density at radius 3 is 2.94 bits per heavy atom. The minimum absolute atomic E-state index is 0.0176. The van der Waals surface area contributed by atoms with Gasteiger partial charge in [0.15, 0.2) is 5.58 Å². The van der Waals surface area contributed by atoms with Crippen LogP contribution in [-0.2, 0) is 0 Å². The highest BCUT2D eigenvalue weighted by molar-refractivity contribution is 5.72. The molecule has 0 amide bonds. The number of hydrogen-bond donors (Lipinski definition) is 3. The van der Waals surface area contributed by atoms with E-state index in [1.54, 1.807) is 6.07 Å². The predicted molar refractivity (Wildman–Crippen MR) is 60.1 cm³/mol. The van der Waals surface area contributed by atoms with Gasteiger partial charge in [0.1, 0.15) is 0 Å². The van der Waals surface area contributed by atoms with Crippen LogP contribution in [0.4, 0.5) is 0 Å². The van der Waals surface area contributed by atoms with Crippen molar-refractivity contribution in [3.8, 4) is 0 Å². The lowest BCUT2D eigenvalue weighted by atomic mass is 9.89. The summed E-state index contributed by atoms with van der Waals surface area (Å²) in [4.78, 5) is 13.6. The molecule has 4 N–H and O–H groups in total. The first kappa shape index (κ1) is 9.62. The summed E-state index contributed by atoms with van der Waals surface area (Å²) in [6.07, 6.45) is 0. The van der Waals surface area contributed by atoms with Gasteiger partial charge in [-0.3, -0.25) is 4.98 Å². The van der Waals surface area contributed by atoms with Crippen molar-refractivity contribution in [3.63, 3.8) is 0 Å². The van der Waals surface area contributed by atoms with Crippen molar-refractivity contribution < 1.29 is 4.42 Å². The fourth-order valence-electron chi connectivity index (χ4n) is 2.01. The van der Waals surface area contributed by atoms with Gasteiger partial charge < -0.3 is 15.5 Å². The van der Waals surface area contributed by atoms with Crippen molar-refractivity contribution in [2.24, 2.45) is 11.7 Å². The number of aromatic amines is 1. The Morgan fingerprint density at radius 1 is 1.44 bits per heavy atom. The minimum atomic E-state index is -0.425. The van der Waals surface area contributed by atoms with Crippen LogP contribution in [0.15, 0.2) is 27.4 Å². The summed E-state index contributed by atoms with van der Waals surface area (Å²) in [5.41, 5.74) is 8.46. The molecule has 5 nitrogen and oxygen atoms in total. The lowest BCUT2D eigenvalue weighted by Crippen LogP contribution is -2.47. The zero-order chi connectivity index (χ0) is 11.1. The van der Waals surface area contributed by atoms with E-state index in [4.69, 9.17) is 10.2 Å². The molecule has 0 spiro atoms. The highest BCUT2D eigenvalue weighted by Gasteiger charge is 2.25. The first-order chi connectivity index (χ1) is 7.74. The predicted octanol–water partition coefficient (Wildman–Crippen LogP) is 0.340. The van der Waals surface area contributed by atoms with Crippen LogP contribution in [0.5, 0.6) is 0 Å². The van der Waals surface area contributed by atoms with Crippen molar-refractivity contribution in [1.82, 2.24) is 10.3 Å². The summed E-state index contributed by atoms with van der Waals surface area (Å²) in [5.74, 6) is 0.0575. The first-order valence-electron chi connectivity index (χ1n) is 5.33. The Labute approximate surface area is 91.6 Å². The molecular weight excluding hydrogens is 206 g/mol. The van der Waals surface area contributed by atoms with Gasteiger partial charge in [0, 0.05) is 25.0 Å². The molecule has 0 saturated carbocycles. The molecule has 1 aromatic heterocycles. The molecule has 2 heterocycles. The van der Waals surface area contributed by atoms with Crippen molar-refractivity contribution >= 4 is 11.1 Å². The van der Waals surface area contributed by atoms with Crippen LogP contribution in [-0.4, -0.2) is 18.1 Å². The van der Waals surface area contributed by atoms with Gasteiger partial charge in [0.25, 0.3) is 0 Å². The second-order valence-electron chi connectivity index (χ2n) is 4.21. The van der Waals surface area contributed by atoms with Crippen molar-refractivity contribution in [2.75, 3.05) is 13.1 Å². The number of aromatic nitrogens is 1. The summed E-state index contributed by atoms with van der Waals surface area (Å²) in [6.45, 7) is 1.92. The molecule has 1 unspecified atom stereocenters. The number of oxazole rings is 1. The lowest BCUT2D eigenvalue weighted by Gasteiger charge is -2.32. The Kier molecular flexibility index (Phi) is 2.08. The third-order valence-corrected chi connectivity index (χ3v) is 3.15. The van der Waals surface area contributed by atoms with E-state index in [0.29, 0.717) is 17.0 Å². The normalized spacial score (nSPS) is 18.6. The zero-order valence-electron chi connectivity index (χ0n) is 8.69. The van der Waals surface area contributed by atoms with Gasteiger partial charge in [0.2, 0.25) is 0 Å². The third kappa shape index (κ3) is 1.45. The zero-order valence-corrected chi connectivity index (χ0v) is 8.69. The van der Waals surface area contributed by atoms with E-state index in [-0.39, 0.29) is 6.04 Å². The molecule has 0 bridgehead atoms. The molecule has 1 fully saturated rings. The lowest BCUT2D eigenvalue weighted by molar-refractivity contribution is 0.295. The molecular formula is C11H13N3O2. The topological polar surface area (TPSA) is 84.0 Å². The third-order valence-electron chi connectivity index (χ3n) is 3.15. The number of fused-ring (bicyclic) bond motifs is 1. The fourth-order valence-corrected chi connectivity index (χ4v) is 2.01. The van der Waals surface area contributed by atoms with Gasteiger partial charge in [-0.15, -0.1) is 0 Å². The molecule has 1 atom stereocenters. The van der Waals surface area contributed by atoms with E-state index < -0.39 is 5.76 Å². The highest BCUT2D eigenvalue weighted by atomic mass is 16.4. The summed E-state index contributed by atoms with van der Waals surface area (Å²) in [5, 5.41) is 3.20. The summed E-state index contributed by atoms with van der Waals surface area (Å²) in [6, 6.07) is 5.61. The van der Waals surface area contributed by atoms with E-state index in [2.05, 4.69) is 10.3 Å². The number of rotatable bonds is 2. The smallest absolute Gasteiger partial charge is 0.408 e. The van der Waals surface area contributed by atoms with Gasteiger partial charge in [0.05, 0.1) is 5.52 Å². The Hall–Kier alpha value is -1.59. The minimum Gasteiger partial charge on any atom is -0.408 e. The number of H-pyrrole nitrogens is 1. The van der Waals surface area contributed by atoms with Gasteiger partial charge in [-0.25, -0.2) is 4.79 Å². The van der Waals surface area contributed by atoms with Gasteiger partial charge >= 0.3 is 5.76 Å². The van der Waals surface area contributed by atoms with Crippen LogP contribution in [0.1, 0.15) is 11.6 Å². The average Bonchev–Trinajstić information content (AvgIpc) is 2.53. The first-order valence-corrected chi connectivity index (χ1v) is 5.33. The Bertz CT molecular complexity index is 568. The number of benzene rings is 1. The Morgan fingerprint density at radius 2 is 2.25 bits per heavy atom. The molecule has 2 aromatic rings. The summed E-state index contributed by atoms with van der Waals surface area (Å²) < 4.78 is 4.94. The molecule has 3 rings (SSSR count). The van der Waals surface area contributed by atoms with E-state index >= 15 is 0 Å². The molecule has 16 heavy (non-hydrogen) atoms.